The number of carbonyl (C=O) groups excluding carboxylic acids is 1. The van der Waals surface area contributed by atoms with Crippen LogP contribution in [0.5, 0.6) is 0 Å². The summed E-state index contributed by atoms with van der Waals surface area (Å²) in [4.78, 5) is 25.1. The molecule has 0 saturated heterocycles. The molecule has 1 N–H and O–H groups in total. The lowest BCUT2D eigenvalue weighted by atomic mass is 9.69. The first-order valence-electron chi connectivity index (χ1n) is 9.89. The van der Waals surface area contributed by atoms with E-state index in [1.54, 1.807) is 30.3 Å². The molecule has 0 aliphatic heterocycles. The molecular formula is C26H22Cl2O3. The Morgan fingerprint density at radius 1 is 0.839 bits per heavy atom. The maximum Gasteiger partial charge on any atom is 0.303 e. The number of carboxylic acid groups (broad SMARTS) is 1. The number of ketones is 1. The van der Waals surface area contributed by atoms with Gasteiger partial charge in [-0.05, 0) is 59.9 Å². The molecule has 3 aromatic rings. The van der Waals surface area contributed by atoms with Gasteiger partial charge in [0.05, 0.1) is 5.41 Å². The van der Waals surface area contributed by atoms with Crippen LogP contribution < -0.4 is 0 Å². The Labute approximate surface area is 191 Å². The van der Waals surface area contributed by atoms with Crippen LogP contribution >= 0.6 is 23.2 Å². The van der Waals surface area contributed by atoms with E-state index in [9.17, 15) is 14.7 Å². The maximum atomic E-state index is 13.7. The molecule has 1 unspecified atom stereocenters. The molecule has 0 spiro atoms. The van der Waals surface area contributed by atoms with Gasteiger partial charge in [0.1, 0.15) is 0 Å². The molecule has 0 aliphatic carbocycles. The van der Waals surface area contributed by atoms with E-state index in [4.69, 9.17) is 23.2 Å². The Hall–Kier alpha value is -2.88. The number of aliphatic carboxylic acids is 1. The monoisotopic (exact) mass is 452 g/mol. The van der Waals surface area contributed by atoms with Gasteiger partial charge in [0.15, 0.2) is 5.78 Å². The second-order valence-corrected chi connectivity index (χ2v) is 8.27. The van der Waals surface area contributed by atoms with Gasteiger partial charge in [-0.2, -0.15) is 0 Å². The summed E-state index contributed by atoms with van der Waals surface area (Å²) >= 11 is 12.0. The average molecular weight is 453 g/mol. The molecule has 5 heteroatoms. The Morgan fingerprint density at radius 3 is 2.00 bits per heavy atom. The highest BCUT2D eigenvalue weighted by molar-refractivity contribution is 6.30. The number of carboxylic acids is 1. The molecule has 0 saturated carbocycles. The van der Waals surface area contributed by atoms with Crippen molar-refractivity contribution in [2.75, 3.05) is 0 Å². The van der Waals surface area contributed by atoms with Crippen molar-refractivity contribution in [3.63, 3.8) is 0 Å². The van der Waals surface area contributed by atoms with Crippen molar-refractivity contribution >= 4 is 41.0 Å². The second-order valence-electron chi connectivity index (χ2n) is 7.39. The molecule has 0 heterocycles. The van der Waals surface area contributed by atoms with Crippen LogP contribution in [0.15, 0.2) is 84.9 Å². The van der Waals surface area contributed by atoms with E-state index < -0.39 is 11.4 Å². The SMILES string of the molecule is O=C(O)CCC(Cc1ccc(Cl)cc1)(C(=O)/C=C/c1ccc(Cl)cc1)c1ccccc1. The van der Waals surface area contributed by atoms with Crippen LogP contribution in [0.2, 0.25) is 10.0 Å². The van der Waals surface area contributed by atoms with Crippen molar-refractivity contribution in [3.8, 4) is 0 Å². The minimum Gasteiger partial charge on any atom is -0.481 e. The Bertz CT molecular complexity index is 1060. The van der Waals surface area contributed by atoms with Gasteiger partial charge in [0, 0.05) is 16.5 Å². The van der Waals surface area contributed by atoms with Gasteiger partial charge in [-0.1, -0.05) is 83.9 Å². The van der Waals surface area contributed by atoms with Gasteiger partial charge in [-0.15, -0.1) is 0 Å². The predicted molar refractivity (Wildman–Crippen MR) is 126 cm³/mol. The van der Waals surface area contributed by atoms with Crippen molar-refractivity contribution < 1.29 is 14.7 Å². The lowest BCUT2D eigenvalue weighted by Crippen LogP contribution is -2.38. The first-order valence-corrected chi connectivity index (χ1v) is 10.6. The molecule has 3 rings (SSSR count). The summed E-state index contributed by atoms with van der Waals surface area (Å²) in [5.41, 5.74) is 1.52. The van der Waals surface area contributed by atoms with E-state index in [1.807, 2.05) is 54.6 Å². The molecule has 0 aromatic heterocycles. The van der Waals surface area contributed by atoms with E-state index in [0.717, 1.165) is 16.7 Å². The van der Waals surface area contributed by atoms with Crippen molar-refractivity contribution in [1.82, 2.24) is 0 Å². The molecule has 0 bridgehead atoms. The Morgan fingerprint density at radius 2 is 1.42 bits per heavy atom. The molecule has 1 atom stereocenters. The molecule has 31 heavy (non-hydrogen) atoms. The average Bonchev–Trinajstić information content (AvgIpc) is 2.78. The number of rotatable bonds is 9. The molecule has 158 valence electrons. The zero-order valence-corrected chi connectivity index (χ0v) is 18.3. The van der Waals surface area contributed by atoms with Crippen LogP contribution in [0, 0.1) is 0 Å². The van der Waals surface area contributed by atoms with E-state index in [0.29, 0.717) is 16.5 Å². The van der Waals surface area contributed by atoms with Crippen molar-refractivity contribution in [1.29, 1.82) is 0 Å². The quantitative estimate of drug-likeness (QED) is 0.371. The zero-order chi connectivity index (χ0) is 22.3. The lowest BCUT2D eigenvalue weighted by molar-refractivity contribution is -0.137. The first-order chi connectivity index (χ1) is 14.9. The number of hydrogen-bond acceptors (Lipinski definition) is 2. The lowest BCUT2D eigenvalue weighted by Gasteiger charge is -2.32. The predicted octanol–water partition coefficient (Wildman–Crippen LogP) is 6.62. The van der Waals surface area contributed by atoms with Crippen LogP contribution in [0.25, 0.3) is 6.08 Å². The number of allylic oxidation sites excluding steroid dienone is 1. The highest BCUT2D eigenvalue weighted by Crippen LogP contribution is 2.36. The molecular weight excluding hydrogens is 431 g/mol. The standard InChI is InChI=1S/C26H22Cl2O3/c27-22-11-6-19(7-12-22)10-15-24(29)26(17-16-25(30)31,21-4-2-1-3-5-21)18-20-8-13-23(28)14-9-20/h1-15H,16-18H2,(H,30,31)/b15-10+. The fraction of sp³-hybridized carbons (Fsp3) is 0.154. The topological polar surface area (TPSA) is 54.4 Å². The normalized spacial score (nSPS) is 13.1. The van der Waals surface area contributed by atoms with Crippen LogP contribution in [0.1, 0.15) is 29.5 Å². The number of halogens is 2. The van der Waals surface area contributed by atoms with Gasteiger partial charge in [-0.25, -0.2) is 0 Å². The van der Waals surface area contributed by atoms with Crippen molar-refractivity contribution in [2.24, 2.45) is 0 Å². The third kappa shape index (κ3) is 6.06. The largest absolute Gasteiger partial charge is 0.481 e. The van der Waals surface area contributed by atoms with Gasteiger partial charge in [-0.3, -0.25) is 9.59 Å². The minimum absolute atomic E-state index is 0.122. The first kappa shape index (κ1) is 22.8. The summed E-state index contributed by atoms with van der Waals surface area (Å²) < 4.78 is 0. The summed E-state index contributed by atoms with van der Waals surface area (Å²) in [5.74, 6) is -1.09. The van der Waals surface area contributed by atoms with E-state index in [2.05, 4.69) is 0 Å². The summed E-state index contributed by atoms with van der Waals surface area (Å²) in [5, 5.41) is 10.6. The Balaban J connectivity index is 2.04. The number of carbonyl (C=O) groups is 2. The highest BCUT2D eigenvalue weighted by atomic mass is 35.5. The summed E-state index contributed by atoms with van der Waals surface area (Å²) in [6.45, 7) is 0. The molecule has 0 aliphatic rings. The third-order valence-electron chi connectivity index (χ3n) is 5.28. The summed E-state index contributed by atoms with van der Waals surface area (Å²) in [7, 11) is 0. The fourth-order valence-corrected chi connectivity index (χ4v) is 3.87. The number of benzene rings is 3. The van der Waals surface area contributed by atoms with Gasteiger partial charge >= 0.3 is 5.97 Å². The molecule has 3 nitrogen and oxygen atoms in total. The molecule has 0 radical (unpaired) electrons. The van der Waals surface area contributed by atoms with Gasteiger partial charge < -0.3 is 5.11 Å². The van der Waals surface area contributed by atoms with Crippen molar-refractivity contribution in [2.45, 2.75) is 24.7 Å². The van der Waals surface area contributed by atoms with Gasteiger partial charge in [0.25, 0.3) is 0 Å². The van der Waals surface area contributed by atoms with E-state index in [-0.39, 0.29) is 18.6 Å². The highest BCUT2D eigenvalue weighted by Gasteiger charge is 2.39. The molecule has 0 amide bonds. The second kappa shape index (κ2) is 10.4. The van der Waals surface area contributed by atoms with Crippen LogP contribution in [0.4, 0.5) is 0 Å². The van der Waals surface area contributed by atoms with Crippen molar-refractivity contribution in [3.05, 3.63) is 112 Å². The minimum atomic E-state index is -1.02. The van der Waals surface area contributed by atoms with E-state index in [1.165, 1.54) is 6.08 Å². The summed E-state index contributed by atoms with van der Waals surface area (Å²) in [6.07, 6.45) is 3.69. The van der Waals surface area contributed by atoms with Crippen LogP contribution in [-0.4, -0.2) is 16.9 Å². The Kier molecular flexibility index (Phi) is 7.67. The maximum absolute atomic E-state index is 13.7. The zero-order valence-electron chi connectivity index (χ0n) is 16.8. The molecule has 0 fully saturated rings. The van der Waals surface area contributed by atoms with Crippen LogP contribution in [0.3, 0.4) is 0 Å². The third-order valence-corrected chi connectivity index (χ3v) is 5.78. The van der Waals surface area contributed by atoms with Crippen LogP contribution in [-0.2, 0) is 21.4 Å². The fourth-order valence-electron chi connectivity index (χ4n) is 3.62. The number of hydrogen-bond donors (Lipinski definition) is 1. The van der Waals surface area contributed by atoms with Gasteiger partial charge in [0.2, 0.25) is 0 Å². The van der Waals surface area contributed by atoms with E-state index >= 15 is 0 Å². The smallest absolute Gasteiger partial charge is 0.303 e. The summed E-state index contributed by atoms with van der Waals surface area (Å²) in [6, 6.07) is 23.8. The molecule has 3 aromatic carbocycles.